The van der Waals surface area contributed by atoms with Crippen LogP contribution in [0.2, 0.25) is 0 Å². The number of hydrogen-bond acceptors (Lipinski definition) is 4. The second-order valence-electron chi connectivity index (χ2n) is 3.54. The summed E-state index contributed by atoms with van der Waals surface area (Å²) in [5.74, 6) is 0. The molecule has 0 aliphatic heterocycles. The van der Waals surface area contributed by atoms with E-state index in [1.165, 1.54) is 0 Å². The topological polar surface area (TPSA) is 60.2 Å². The van der Waals surface area contributed by atoms with Crippen molar-refractivity contribution in [2.75, 3.05) is 0 Å². The van der Waals surface area contributed by atoms with Gasteiger partial charge >= 0.3 is 16.4 Å². The van der Waals surface area contributed by atoms with Crippen LogP contribution >= 0.6 is 0 Å². The van der Waals surface area contributed by atoms with Gasteiger partial charge in [0.25, 0.3) is 5.09 Å². The van der Waals surface area contributed by atoms with Gasteiger partial charge in [0.1, 0.15) is 5.69 Å². The third kappa shape index (κ3) is 2.92. The lowest BCUT2D eigenvalue weighted by atomic mass is 10.1. The Balaban J connectivity index is 2.36. The maximum atomic E-state index is 12.6. The van der Waals surface area contributed by atoms with E-state index in [2.05, 4.69) is 9.68 Å². The van der Waals surface area contributed by atoms with Crippen LogP contribution < -0.4 is 0 Å². The summed E-state index contributed by atoms with van der Waals surface area (Å²) in [4.78, 5) is 0. The lowest BCUT2D eigenvalue weighted by Gasteiger charge is -2.06. The highest BCUT2D eigenvalue weighted by Gasteiger charge is 2.30. The molecule has 0 aliphatic carbocycles. The summed E-state index contributed by atoms with van der Waals surface area (Å²) in [7, 11) is -5.03. The largest absolute Gasteiger partial charge is 0.416 e. The van der Waals surface area contributed by atoms with Crippen LogP contribution in [0.25, 0.3) is 11.3 Å². The molecule has 0 fully saturated rings. The molecular weight excluding hydrogens is 290 g/mol. The van der Waals surface area contributed by atoms with Crippen molar-refractivity contribution in [1.29, 1.82) is 0 Å². The molecule has 0 radical (unpaired) electrons. The molecular formula is C10H5F4NO3S. The molecule has 2 rings (SSSR count). The molecule has 0 amide bonds. The van der Waals surface area contributed by atoms with Gasteiger partial charge in [0.05, 0.1) is 5.56 Å². The standard InChI is InChI=1S/C10H5F4NO3S/c11-10(12,13)7-3-1-6(2-4-7)8-5-9(18-15-8)19(14,16)17/h1-5H. The van der Waals surface area contributed by atoms with Crippen LogP contribution in [0.1, 0.15) is 5.56 Å². The fourth-order valence-electron chi connectivity index (χ4n) is 1.34. The molecule has 1 aromatic carbocycles. The van der Waals surface area contributed by atoms with Crippen LogP contribution in [0.5, 0.6) is 0 Å². The zero-order valence-corrected chi connectivity index (χ0v) is 9.80. The van der Waals surface area contributed by atoms with Crippen molar-refractivity contribution >= 4 is 10.2 Å². The first-order chi connectivity index (χ1) is 8.68. The zero-order valence-electron chi connectivity index (χ0n) is 8.98. The van der Waals surface area contributed by atoms with Gasteiger partial charge in [0, 0.05) is 11.6 Å². The Morgan fingerprint density at radius 3 is 2.11 bits per heavy atom. The quantitative estimate of drug-likeness (QED) is 0.631. The molecule has 0 saturated heterocycles. The number of hydrogen-bond donors (Lipinski definition) is 0. The predicted octanol–water partition coefficient (Wildman–Crippen LogP) is 3.02. The summed E-state index contributed by atoms with van der Waals surface area (Å²) in [5.41, 5.74) is -0.769. The molecule has 4 nitrogen and oxygen atoms in total. The molecule has 19 heavy (non-hydrogen) atoms. The van der Waals surface area contributed by atoms with E-state index in [-0.39, 0.29) is 11.3 Å². The number of nitrogens with zero attached hydrogens (tertiary/aromatic N) is 1. The van der Waals surface area contributed by atoms with Crippen molar-refractivity contribution < 1.29 is 30.0 Å². The van der Waals surface area contributed by atoms with Crippen molar-refractivity contribution in [2.24, 2.45) is 0 Å². The number of benzene rings is 1. The number of halogens is 4. The van der Waals surface area contributed by atoms with E-state index in [9.17, 15) is 25.5 Å². The summed E-state index contributed by atoms with van der Waals surface area (Å²) in [6.45, 7) is 0. The van der Waals surface area contributed by atoms with Gasteiger partial charge in [-0.2, -0.15) is 21.6 Å². The van der Waals surface area contributed by atoms with Crippen LogP contribution in [0, 0.1) is 0 Å². The molecule has 1 heterocycles. The van der Waals surface area contributed by atoms with E-state index in [1.54, 1.807) is 0 Å². The first-order valence-corrected chi connectivity index (χ1v) is 6.15. The predicted molar refractivity (Wildman–Crippen MR) is 55.2 cm³/mol. The molecule has 0 spiro atoms. The molecule has 0 saturated carbocycles. The fraction of sp³-hybridized carbons (Fsp3) is 0.100. The fourth-order valence-corrected chi connectivity index (χ4v) is 1.72. The van der Waals surface area contributed by atoms with Crippen LogP contribution in [0.3, 0.4) is 0 Å². The third-order valence-electron chi connectivity index (χ3n) is 2.24. The third-order valence-corrected chi connectivity index (χ3v) is 2.91. The Kier molecular flexibility index (Phi) is 3.09. The molecule has 0 atom stereocenters. The van der Waals surface area contributed by atoms with Crippen molar-refractivity contribution in [2.45, 2.75) is 11.3 Å². The number of rotatable bonds is 2. The van der Waals surface area contributed by atoms with Crippen molar-refractivity contribution in [3.63, 3.8) is 0 Å². The van der Waals surface area contributed by atoms with Crippen LogP contribution in [0.15, 0.2) is 39.9 Å². The monoisotopic (exact) mass is 295 g/mol. The van der Waals surface area contributed by atoms with Crippen molar-refractivity contribution in [3.8, 4) is 11.3 Å². The van der Waals surface area contributed by atoms with Crippen LogP contribution in [-0.4, -0.2) is 13.6 Å². The first-order valence-electron chi connectivity index (χ1n) is 4.77. The molecule has 9 heteroatoms. The SMILES string of the molecule is O=S(=O)(F)c1cc(-c2ccc(C(F)(F)F)cc2)no1. The molecule has 0 bridgehead atoms. The van der Waals surface area contributed by atoms with E-state index in [0.29, 0.717) is 0 Å². The van der Waals surface area contributed by atoms with Crippen LogP contribution in [0.4, 0.5) is 17.1 Å². The van der Waals surface area contributed by atoms with E-state index in [0.717, 1.165) is 30.3 Å². The average Bonchev–Trinajstić information content (AvgIpc) is 2.77. The average molecular weight is 295 g/mol. The Labute approximate surface area is 104 Å². The first kappa shape index (κ1) is 13.5. The van der Waals surface area contributed by atoms with Gasteiger partial charge in [-0.3, -0.25) is 0 Å². The van der Waals surface area contributed by atoms with Gasteiger partial charge in [-0.25, -0.2) is 0 Å². The highest BCUT2D eigenvalue weighted by molar-refractivity contribution is 7.86. The second-order valence-corrected chi connectivity index (χ2v) is 4.82. The Bertz CT molecular complexity index is 688. The van der Waals surface area contributed by atoms with E-state index >= 15 is 0 Å². The van der Waals surface area contributed by atoms with E-state index in [1.807, 2.05) is 0 Å². The maximum Gasteiger partial charge on any atom is 0.416 e. The van der Waals surface area contributed by atoms with E-state index < -0.39 is 27.1 Å². The second kappa shape index (κ2) is 4.34. The van der Waals surface area contributed by atoms with Gasteiger partial charge in [0.2, 0.25) is 0 Å². The highest BCUT2D eigenvalue weighted by atomic mass is 32.3. The minimum Gasteiger partial charge on any atom is -0.341 e. The smallest absolute Gasteiger partial charge is 0.341 e. The zero-order chi connectivity index (χ0) is 14.3. The van der Waals surface area contributed by atoms with Crippen molar-refractivity contribution in [3.05, 3.63) is 35.9 Å². The normalized spacial score (nSPS) is 12.6. The molecule has 0 N–H and O–H groups in total. The van der Waals surface area contributed by atoms with Gasteiger partial charge in [-0.1, -0.05) is 21.2 Å². The molecule has 0 aliphatic rings. The number of alkyl halides is 3. The summed E-state index contributed by atoms with van der Waals surface area (Å²) >= 11 is 0. The Morgan fingerprint density at radius 1 is 1.11 bits per heavy atom. The van der Waals surface area contributed by atoms with Gasteiger partial charge < -0.3 is 4.52 Å². The summed E-state index contributed by atoms with van der Waals surface area (Å²) in [6, 6.07) is 4.55. The summed E-state index contributed by atoms with van der Waals surface area (Å²) in [6.07, 6.45) is -4.48. The highest BCUT2D eigenvalue weighted by Crippen LogP contribution is 2.31. The lowest BCUT2D eigenvalue weighted by molar-refractivity contribution is -0.137. The Hall–Kier alpha value is -1.90. The minimum absolute atomic E-state index is 0.0788. The van der Waals surface area contributed by atoms with Gasteiger partial charge in [-0.05, 0) is 12.1 Å². The number of aromatic nitrogens is 1. The van der Waals surface area contributed by atoms with E-state index in [4.69, 9.17) is 0 Å². The molecule has 2 aromatic rings. The van der Waals surface area contributed by atoms with Gasteiger partial charge in [0.15, 0.2) is 0 Å². The molecule has 0 unspecified atom stereocenters. The Morgan fingerprint density at radius 2 is 1.68 bits per heavy atom. The van der Waals surface area contributed by atoms with Crippen molar-refractivity contribution in [1.82, 2.24) is 5.16 Å². The summed E-state index contributed by atoms with van der Waals surface area (Å²) in [5, 5.41) is 2.27. The van der Waals surface area contributed by atoms with Crippen LogP contribution in [-0.2, 0) is 16.4 Å². The van der Waals surface area contributed by atoms with Gasteiger partial charge in [-0.15, -0.1) is 0 Å². The molecule has 102 valence electrons. The lowest BCUT2D eigenvalue weighted by Crippen LogP contribution is -2.03. The maximum absolute atomic E-state index is 12.6. The summed E-state index contributed by atoms with van der Waals surface area (Å²) < 4.78 is 74.8. The minimum atomic E-state index is -5.03. The molecule has 1 aromatic heterocycles.